The first-order valence-corrected chi connectivity index (χ1v) is 15.8. The third-order valence-electron chi connectivity index (χ3n) is 8.64. The molecule has 0 spiro atoms. The van der Waals surface area contributed by atoms with Crippen molar-refractivity contribution in [2.75, 3.05) is 44.8 Å². The number of methoxy groups -OCH3 is 1. The number of aliphatic imine (C=N–C) groups is 1. The third-order valence-corrected chi connectivity index (χ3v) is 9.42. The molecule has 0 bridgehead atoms. The first kappa shape index (κ1) is 32.2. The summed E-state index contributed by atoms with van der Waals surface area (Å²) in [6, 6.07) is 8.40. The predicted molar refractivity (Wildman–Crippen MR) is 168 cm³/mol. The average Bonchev–Trinajstić information content (AvgIpc) is 3.73. The number of carboxylic acid groups (broad SMARTS) is 1. The Hall–Kier alpha value is -4.73. The van der Waals surface area contributed by atoms with Crippen LogP contribution in [0.3, 0.4) is 0 Å². The molecule has 1 aromatic heterocycles. The number of carbonyl (C=O) groups is 3. The molecular formula is C32H32F2N6O6S. The molecule has 0 aliphatic carbocycles. The summed E-state index contributed by atoms with van der Waals surface area (Å²) in [6.07, 6.45) is 1.99. The summed E-state index contributed by atoms with van der Waals surface area (Å²) in [5.74, 6) is -3.37. The molecule has 47 heavy (non-hydrogen) atoms. The number of amides is 2. The van der Waals surface area contributed by atoms with Gasteiger partial charge in [-0.2, -0.15) is 0 Å². The topological polar surface area (TPSA) is 148 Å². The number of halogens is 2. The van der Waals surface area contributed by atoms with Crippen molar-refractivity contribution in [1.29, 1.82) is 0 Å². The van der Waals surface area contributed by atoms with Crippen LogP contribution in [0.5, 0.6) is 0 Å². The summed E-state index contributed by atoms with van der Waals surface area (Å²) in [7, 11) is 1.22. The second kappa shape index (κ2) is 13.6. The van der Waals surface area contributed by atoms with Gasteiger partial charge in [-0.05, 0) is 41.8 Å². The molecule has 12 nitrogen and oxygen atoms in total. The summed E-state index contributed by atoms with van der Waals surface area (Å²) in [4.78, 5) is 52.1. The molecule has 2 saturated heterocycles. The molecule has 3 aromatic rings. The Kier molecular flexibility index (Phi) is 9.29. The van der Waals surface area contributed by atoms with Gasteiger partial charge in [0.1, 0.15) is 6.04 Å². The predicted octanol–water partition coefficient (Wildman–Crippen LogP) is 2.94. The number of hydrogen-bond donors (Lipinski definition) is 3. The van der Waals surface area contributed by atoms with Gasteiger partial charge >= 0.3 is 18.0 Å². The lowest BCUT2D eigenvalue weighted by Crippen LogP contribution is -2.61. The van der Waals surface area contributed by atoms with Crippen molar-refractivity contribution in [3.63, 3.8) is 0 Å². The highest BCUT2D eigenvalue weighted by atomic mass is 32.1. The summed E-state index contributed by atoms with van der Waals surface area (Å²) in [6.45, 7) is 0.867. The van der Waals surface area contributed by atoms with E-state index in [2.05, 4.69) is 15.3 Å². The monoisotopic (exact) mass is 666 g/mol. The Morgan fingerprint density at radius 3 is 2.57 bits per heavy atom. The molecule has 6 rings (SSSR count). The second-order valence-electron chi connectivity index (χ2n) is 11.3. The van der Waals surface area contributed by atoms with Gasteiger partial charge in [-0.3, -0.25) is 19.6 Å². The number of piperazine rings is 1. The highest BCUT2D eigenvalue weighted by Crippen LogP contribution is 2.35. The summed E-state index contributed by atoms with van der Waals surface area (Å²) in [5.41, 5.74) is 2.25. The van der Waals surface area contributed by atoms with Crippen LogP contribution in [0.4, 0.5) is 19.3 Å². The third kappa shape index (κ3) is 6.46. The van der Waals surface area contributed by atoms with Gasteiger partial charge in [-0.1, -0.05) is 18.2 Å². The molecule has 0 unspecified atom stereocenters. The summed E-state index contributed by atoms with van der Waals surface area (Å²) in [5, 5.41) is 25.1. The van der Waals surface area contributed by atoms with Gasteiger partial charge < -0.3 is 25.2 Å². The van der Waals surface area contributed by atoms with E-state index in [0.29, 0.717) is 48.3 Å². The molecule has 246 valence electrons. The number of nitrogens with one attached hydrogen (secondary N) is 1. The number of fused-ring (bicyclic) bond motifs is 1. The van der Waals surface area contributed by atoms with E-state index < -0.39 is 35.7 Å². The van der Waals surface area contributed by atoms with Crippen LogP contribution in [0.25, 0.3) is 0 Å². The van der Waals surface area contributed by atoms with Crippen molar-refractivity contribution >= 4 is 40.8 Å². The number of anilines is 1. The van der Waals surface area contributed by atoms with Gasteiger partial charge in [0.25, 0.3) is 0 Å². The fraction of sp³-hybridized carbons (Fsp3) is 0.344. The van der Waals surface area contributed by atoms with Crippen LogP contribution in [-0.4, -0.2) is 101 Å². The lowest BCUT2D eigenvalue weighted by Gasteiger charge is -2.43. The molecule has 3 aliphatic rings. The number of aliphatic hydroxyl groups is 1. The molecule has 2 amide bonds. The zero-order valence-electron chi connectivity index (χ0n) is 25.3. The van der Waals surface area contributed by atoms with Crippen LogP contribution < -0.4 is 10.2 Å². The highest BCUT2D eigenvalue weighted by molar-refractivity contribution is 7.11. The van der Waals surface area contributed by atoms with E-state index in [4.69, 9.17) is 9.84 Å². The van der Waals surface area contributed by atoms with E-state index in [9.17, 15) is 28.3 Å². The Labute approximate surface area is 272 Å². The zero-order valence-corrected chi connectivity index (χ0v) is 26.1. The fourth-order valence-electron chi connectivity index (χ4n) is 6.29. The van der Waals surface area contributed by atoms with Crippen LogP contribution in [0, 0.1) is 11.6 Å². The standard InChI is InChI=1S/C32H32F2N6O6S/c1-46-31(44)27-23(36-29(30-35-10-13-47-30)37-28(27)19-5-8-21(33)22(34)14-19)15-38-11-12-39-24(25(38)17-41)16-40(32(39)45)20-6-2-18(3-7-20)4-9-26(42)43/h2-3,5-8,10,13-14,24-25,28,41H,4,9,11-12,15-17H2,1H3,(H,36,37)(H,42,43)/t24-,25-,28+/m1/s1. The van der Waals surface area contributed by atoms with Crippen molar-refractivity contribution < 1.29 is 38.1 Å². The van der Waals surface area contributed by atoms with Gasteiger partial charge in [0.2, 0.25) is 0 Å². The molecule has 0 radical (unpaired) electrons. The van der Waals surface area contributed by atoms with Gasteiger partial charge in [-0.15, -0.1) is 11.3 Å². The number of aliphatic carboxylic acids is 1. The summed E-state index contributed by atoms with van der Waals surface area (Å²) < 4.78 is 33.4. The number of thiazole rings is 1. The molecule has 2 aromatic carbocycles. The number of aromatic nitrogens is 1. The van der Waals surface area contributed by atoms with Crippen molar-refractivity contribution in [2.24, 2.45) is 4.99 Å². The number of aryl methyl sites for hydroxylation is 1. The first-order chi connectivity index (χ1) is 22.7. The quantitative estimate of drug-likeness (QED) is 0.278. The highest BCUT2D eigenvalue weighted by Gasteiger charge is 2.47. The van der Waals surface area contributed by atoms with Gasteiger partial charge in [0, 0.05) is 55.6 Å². The van der Waals surface area contributed by atoms with E-state index in [1.54, 1.807) is 45.6 Å². The number of urea groups is 1. The minimum atomic E-state index is -1.08. The number of rotatable bonds is 10. The maximum atomic E-state index is 14.4. The molecular weight excluding hydrogens is 634 g/mol. The molecule has 3 aliphatic heterocycles. The zero-order chi connectivity index (χ0) is 33.2. The van der Waals surface area contributed by atoms with E-state index in [-0.39, 0.29) is 42.8 Å². The van der Waals surface area contributed by atoms with Crippen molar-refractivity contribution in [2.45, 2.75) is 31.0 Å². The lowest BCUT2D eigenvalue weighted by molar-refractivity contribution is -0.137. The number of aliphatic hydroxyl groups excluding tert-OH is 1. The molecule has 4 heterocycles. The number of carbonyl (C=O) groups excluding carboxylic acids is 2. The lowest BCUT2D eigenvalue weighted by atomic mass is 9.94. The second-order valence-corrected chi connectivity index (χ2v) is 12.2. The maximum Gasteiger partial charge on any atom is 0.338 e. The Balaban J connectivity index is 1.29. The van der Waals surface area contributed by atoms with E-state index in [1.165, 1.54) is 24.5 Å². The number of hydrogen-bond acceptors (Lipinski definition) is 10. The van der Waals surface area contributed by atoms with Crippen molar-refractivity contribution in [1.82, 2.24) is 20.1 Å². The number of carboxylic acids is 1. The van der Waals surface area contributed by atoms with Gasteiger partial charge in [-0.25, -0.2) is 23.4 Å². The van der Waals surface area contributed by atoms with E-state index in [1.807, 2.05) is 4.90 Å². The number of esters is 1. The van der Waals surface area contributed by atoms with E-state index >= 15 is 0 Å². The summed E-state index contributed by atoms with van der Waals surface area (Å²) >= 11 is 1.31. The number of ether oxygens (including phenoxy) is 1. The Morgan fingerprint density at radius 1 is 1.13 bits per heavy atom. The van der Waals surface area contributed by atoms with E-state index in [0.717, 1.165) is 17.7 Å². The SMILES string of the molecule is COC(=O)C1=C(CN2CCN3C(=O)N(c4ccc(CCC(=O)O)cc4)C[C@@H]3[C@H]2CO)NC(c2nccs2)=N[C@H]1c1ccc(F)c(F)c1. The minimum Gasteiger partial charge on any atom is -0.481 e. The molecule has 15 heteroatoms. The fourth-order valence-corrected chi connectivity index (χ4v) is 6.87. The van der Waals surface area contributed by atoms with Crippen LogP contribution >= 0.6 is 11.3 Å². The van der Waals surface area contributed by atoms with Crippen molar-refractivity contribution in [3.8, 4) is 0 Å². The molecule has 2 fully saturated rings. The van der Waals surface area contributed by atoms with Crippen LogP contribution in [0.15, 0.2) is 70.3 Å². The maximum absolute atomic E-state index is 14.4. The molecule has 3 N–H and O–H groups in total. The van der Waals surface area contributed by atoms with Crippen LogP contribution in [0.2, 0.25) is 0 Å². The minimum absolute atomic E-state index is 0.00750. The normalized spacial score (nSPS) is 21.4. The Morgan fingerprint density at radius 2 is 1.91 bits per heavy atom. The van der Waals surface area contributed by atoms with Gasteiger partial charge in [0.15, 0.2) is 22.5 Å². The average molecular weight is 667 g/mol. The first-order valence-electron chi connectivity index (χ1n) is 14.9. The number of nitrogens with zero attached hydrogens (tertiary/aromatic N) is 5. The Bertz CT molecular complexity index is 1730. The number of amidine groups is 1. The largest absolute Gasteiger partial charge is 0.481 e. The molecule has 3 atom stereocenters. The van der Waals surface area contributed by atoms with Crippen molar-refractivity contribution in [3.05, 3.63) is 93.1 Å². The molecule has 0 saturated carbocycles. The van der Waals surface area contributed by atoms with Gasteiger partial charge in [0.05, 0.1) is 31.4 Å². The van der Waals surface area contributed by atoms with Crippen LogP contribution in [0.1, 0.15) is 28.6 Å². The van der Waals surface area contributed by atoms with Crippen LogP contribution in [-0.2, 0) is 20.7 Å². The number of benzene rings is 2. The smallest absolute Gasteiger partial charge is 0.338 e.